The van der Waals surface area contributed by atoms with Gasteiger partial charge in [-0.1, -0.05) is 54.2 Å². The zero-order valence-electron chi connectivity index (χ0n) is 14.1. The first-order valence-electron chi connectivity index (χ1n) is 7.95. The van der Waals surface area contributed by atoms with Crippen LogP contribution >= 0.6 is 11.8 Å². The van der Waals surface area contributed by atoms with Crippen LogP contribution in [0.5, 0.6) is 5.75 Å². The van der Waals surface area contributed by atoms with Gasteiger partial charge in [-0.25, -0.2) is 0 Å². The smallest absolute Gasteiger partial charge is 0.242 e. The molecule has 6 heteroatoms. The molecule has 5 nitrogen and oxygen atoms in total. The molecule has 1 saturated heterocycles. The molecule has 0 aliphatic carbocycles. The predicted molar refractivity (Wildman–Crippen MR) is 102 cm³/mol. The number of thioether (sulfide) groups is 1. The molecule has 128 valence electrons. The number of amidine groups is 1. The molecule has 0 unspecified atom stereocenters. The number of carbonyl (C=O) groups is 1. The Morgan fingerprint density at radius 2 is 1.88 bits per heavy atom. The van der Waals surface area contributed by atoms with Crippen LogP contribution in [0.15, 0.2) is 64.8 Å². The molecule has 2 aromatic rings. The summed E-state index contributed by atoms with van der Waals surface area (Å²) in [6.45, 7) is 2.39. The standard InChI is InChI=1S/C19H19N3O2S/c1-14-18(23)22(13-15-8-4-3-5-9-15)19(25-14)21-20-12-16-10-6-7-11-17(16)24-2/h3-12,14H,13H2,1-2H3/b20-12-,21-19+/t14-/m0/s1. The minimum absolute atomic E-state index is 0.0556. The second kappa shape index (κ2) is 7.98. The Balaban J connectivity index is 1.80. The van der Waals surface area contributed by atoms with Crippen LogP contribution < -0.4 is 4.74 Å². The lowest BCUT2D eigenvalue weighted by molar-refractivity contribution is -0.126. The normalized spacial score (nSPS) is 19.1. The first-order chi connectivity index (χ1) is 12.2. The Labute approximate surface area is 151 Å². The van der Waals surface area contributed by atoms with E-state index >= 15 is 0 Å². The Bertz CT molecular complexity index is 805. The number of para-hydroxylation sites is 1. The predicted octanol–water partition coefficient (Wildman–Crippen LogP) is 3.55. The van der Waals surface area contributed by atoms with Crippen molar-refractivity contribution in [3.05, 3.63) is 65.7 Å². The van der Waals surface area contributed by atoms with Gasteiger partial charge in [-0.2, -0.15) is 5.10 Å². The van der Waals surface area contributed by atoms with Crippen molar-refractivity contribution in [2.75, 3.05) is 7.11 Å². The van der Waals surface area contributed by atoms with Crippen LogP contribution in [0.25, 0.3) is 0 Å². The number of carbonyl (C=O) groups excluding carboxylic acids is 1. The third-order valence-electron chi connectivity index (χ3n) is 3.79. The van der Waals surface area contributed by atoms with Crippen molar-refractivity contribution >= 4 is 29.1 Å². The average Bonchev–Trinajstić information content (AvgIpc) is 2.91. The highest BCUT2D eigenvalue weighted by Gasteiger charge is 2.35. The van der Waals surface area contributed by atoms with Gasteiger partial charge in [-0.3, -0.25) is 9.69 Å². The van der Waals surface area contributed by atoms with Crippen LogP contribution in [-0.2, 0) is 11.3 Å². The molecule has 0 saturated carbocycles. The molecule has 2 aromatic carbocycles. The van der Waals surface area contributed by atoms with Crippen molar-refractivity contribution in [3.63, 3.8) is 0 Å². The molecule has 0 bridgehead atoms. The van der Waals surface area contributed by atoms with Crippen molar-refractivity contribution in [1.29, 1.82) is 0 Å². The highest BCUT2D eigenvalue weighted by molar-refractivity contribution is 8.15. The fourth-order valence-electron chi connectivity index (χ4n) is 2.49. The summed E-state index contributed by atoms with van der Waals surface area (Å²) in [5, 5.41) is 8.90. The average molecular weight is 353 g/mol. The van der Waals surface area contributed by atoms with E-state index in [0.717, 1.165) is 16.9 Å². The van der Waals surface area contributed by atoms with E-state index in [1.807, 2.05) is 61.5 Å². The number of rotatable bonds is 5. The maximum absolute atomic E-state index is 12.4. The molecule has 25 heavy (non-hydrogen) atoms. The van der Waals surface area contributed by atoms with Crippen LogP contribution in [-0.4, -0.2) is 34.5 Å². The van der Waals surface area contributed by atoms with Gasteiger partial charge >= 0.3 is 0 Å². The Morgan fingerprint density at radius 1 is 1.16 bits per heavy atom. The van der Waals surface area contributed by atoms with E-state index in [0.29, 0.717) is 11.7 Å². The molecule has 1 amide bonds. The van der Waals surface area contributed by atoms with Crippen LogP contribution in [0.3, 0.4) is 0 Å². The van der Waals surface area contributed by atoms with Gasteiger partial charge in [-0.05, 0) is 24.6 Å². The monoisotopic (exact) mass is 353 g/mol. The first kappa shape index (κ1) is 17.2. The third kappa shape index (κ3) is 4.09. The van der Waals surface area contributed by atoms with Gasteiger partial charge in [0, 0.05) is 5.56 Å². The molecule has 1 heterocycles. The topological polar surface area (TPSA) is 54.3 Å². The lowest BCUT2D eigenvalue weighted by Crippen LogP contribution is -2.30. The van der Waals surface area contributed by atoms with Crippen molar-refractivity contribution in [2.24, 2.45) is 10.2 Å². The van der Waals surface area contributed by atoms with E-state index < -0.39 is 0 Å². The summed E-state index contributed by atoms with van der Waals surface area (Å²) in [7, 11) is 1.62. The minimum Gasteiger partial charge on any atom is -0.496 e. The summed E-state index contributed by atoms with van der Waals surface area (Å²) in [6.07, 6.45) is 1.64. The van der Waals surface area contributed by atoms with Gasteiger partial charge in [0.2, 0.25) is 5.91 Å². The van der Waals surface area contributed by atoms with Gasteiger partial charge in [0.15, 0.2) is 5.17 Å². The number of ether oxygens (including phenoxy) is 1. The number of benzene rings is 2. The fraction of sp³-hybridized carbons (Fsp3) is 0.211. The van der Waals surface area contributed by atoms with Gasteiger partial charge in [0.25, 0.3) is 0 Å². The largest absolute Gasteiger partial charge is 0.496 e. The number of nitrogens with zero attached hydrogens (tertiary/aromatic N) is 3. The van der Waals surface area contributed by atoms with E-state index in [1.165, 1.54) is 11.8 Å². The molecule has 0 spiro atoms. The van der Waals surface area contributed by atoms with Crippen molar-refractivity contribution < 1.29 is 9.53 Å². The van der Waals surface area contributed by atoms with E-state index in [4.69, 9.17) is 4.74 Å². The summed E-state index contributed by atoms with van der Waals surface area (Å²) < 4.78 is 5.29. The van der Waals surface area contributed by atoms with Crippen LogP contribution in [0.4, 0.5) is 0 Å². The Kier molecular flexibility index (Phi) is 5.50. The zero-order chi connectivity index (χ0) is 17.6. The van der Waals surface area contributed by atoms with Gasteiger partial charge < -0.3 is 4.74 Å². The Morgan fingerprint density at radius 3 is 2.64 bits per heavy atom. The molecule has 1 aliphatic rings. The van der Waals surface area contributed by atoms with Crippen molar-refractivity contribution in [1.82, 2.24) is 4.90 Å². The number of amides is 1. The quantitative estimate of drug-likeness (QED) is 0.610. The zero-order valence-corrected chi connectivity index (χ0v) is 14.9. The Hall–Kier alpha value is -2.60. The molecule has 0 aromatic heterocycles. The summed E-state index contributed by atoms with van der Waals surface area (Å²) >= 11 is 1.43. The summed E-state index contributed by atoms with van der Waals surface area (Å²) in [4.78, 5) is 14.1. The second-order valence-corrected chi connectivity index (χ2v) is 6.85. The maximum atomic E-state index is 12.4. The molecule has 1 aliphatic heterocycles. The van der Waals surface area contributed by atoms with E-state index in [9.17, 15) is 4.79 Å². The second-order valence-electron chi connectivity index (χ2n) is 5.54. The van der Waals surface area contributed by atoms with E-state index in [2.05, 4.69) is 10.2 Å². The van der Waals surface area contributed by atoms with E-state index in [1.54, 1.807) is 18.2 Å². The van der Waals surface area contributed by atoms with Crippen LogP contribution in [0.2, 0.25) is 0 Å². The minimum atomic E-state index is -0.149. The SMILES string of the molecule is COc1ccccc1/C=N\N=C1\S[C@@H](C)C(=O)N1Cc1ccccc1. The molecule has 1 fully saturated rings. The summed E-state index contributed by atoms with van der Waals surface area (Å²) in [6, 6.07) is 17.5. The highest BCUT2D eigenvalue weighted by Crippen LogP contribution is 2.28. The highest BCUT2D eigenvalue weighted by atomic mass is 32.2. The van der Waals surface area contributed by atoms with Crippen LogP contribution in [0, 0.1) is 0 Å². The third-order valence-corrected chi connectivity index (χ3v) is 4.86. The maximum Gasteiger partial charge on any atom is 0.242 e. The molecule has 3 rings (SSSR count). The van der Waals surface area contributed by atoms with Gasteiger partial charge in [0.05, 0.1) is 25.1 Å². The van der Waals surface area contributed by atoms with Crippen molar-refractivity contribution in [2.45, 2.75) is 18.7 Å². The lowest BCUT2D eigenvalue weighted by atomic mass is 10.2. The van der Waals surface area contributed by atoms with Crippen molar-refractivity contribution in [3.8, 4) is 5.75 Å². The first-order valence-corrected chi connectivity index (χ1v) is 8.83. The number of methoxy groups -OCH3 is 1. The van der Waals surface area contributed by atoms with Gasteiger partial charge in [0.1, 0.15) is 5.75 Å². The molecule has 0 radical (unpaired) electrons. The summed E-state index contributed by atoms with van der Waals surface area (Å²) in [5.41, 5.74) is 1.90. The summed E-state index contributed by atoms with van der Waals surface area (Å²) in [5.74, 6) is 0.788. The fourth-order valence-corrected chi connectivity index (χ4v) is 3.41. The molecular weight excluding hydrogens is 334 g/mol. The number of hydrogen-bond donors (Lipinski definition) is 0. The molecule has 1 atom stereocenters. The molecule has 0 N–H and O–H groups in total. The number of hydrogen-bond acceptors (Lipinski definition) is 5. The van der Waals surface area contributed by atoms with Gasteiger partial charge in [-0.15, -0.1) is 5.10 Å². The lowest BCUT2D eigenvalue weighted by Gasteiger charge is -2.15. The van der Waals surface area contributed by atoms with E-state index in [-0.39, 0.29) is 11.2 Å². The molecular formula is C19H19N3O2S. The van der Waals surface area contributed by atoms with Crippen LogP contribution in [0.1, 0.15) is 18.1 Å².